The van der Waals surface area contributed by atoms with Crippen LogP contribution in [0, 0.1) is 0 Å². The normalized spacial score (nSPS) is 11.5. The van der Waals surface area contributed by atoms with Crippen LogP contribution in [0.15, 0.2) is 203 Å². The van der Waals surface area contributed by atoms with Crippen molar-refractivity contribution in [2.24, 2.45) is 0 Å². The first-order valence-corrected chi connectivity index (χ1v) is 17.5. The maximum absolute atomic E-state index is 6.14. The Morgan fingerprint density at radius 3 is 1.00 bits per heavy atom. The lowest BCUT2D eigenvalue weighted by Gasteiger charge is -2.26. The van der Waals surface area contributed by atoms with E-state index in [1.807, 2.05) is 24.3 Å². The van der Waals surface area contributed by atoms with Gasteiger partial charge in [-0.05, 0) is 108 Å². The first-order chi connectivity index (χ1) is 25.8. The number of rotatable bonds is 7. The smallest absolute Gasteiger partial charge is 0.135 e. The summed E-state index contributed by atoms with van der Waals surface area (Å²) >= 11 is 0. The minimum absolute atomic E-state index is 0.887. The van der Waals surface area contributed by atoms with Crippen molar-refractivity contribution < 1.29 is 8.83 Å². The lowest BCUT2D eigenvalue weighted by atomic mass is 10.0. The third kappa shape index (κ3) is 5.17. The standard InChI is InChI=1S/C48H32N2O2/c1-3-11-35(12-4-1)49(39-27-29-47-43(31-39)41-15-7-9-17-45(41)51-47)37-23-19-33(20-24-37)34-21-25-38(26-22-34)50(36-13-5-2-6-14-36)40-28-30-48-44(32-40)42-16-8-10-18-46(42)52-48/h1-32H. The highest BCUT2D eigenvalue weighted by atomic mass is 16.3. The molecule has 0 aliphatic carbocycles. The van der Waals surface area contributed by atoms with Crippen LogP contribution in [0.4, 0.5) is 34.1 Å². The van der Waals surface area contributed by atoms with Gasteiger partial charge in [0.15, 0.2) is 0 Å². The lowest BCUT2D eigenvalue weighted by molar-refractivity contribution is 0.668. The van der Waals surface area contributed by atoms with E-state index in [9.17, 15) is 0 Å². The Labute approximate surface area is 301 Å². The Balaban J connectivity index is 0.999. The third-order valence-corrected chi connectivity index (χ3v) is 9.85. The molecule has 4 heteroatoms. The van der Waals surface area contributed by atoms with Crippen molar-refractivity contribution >= 4 is 78.0 Å². The molecule has 0 saturated heterocycles. The van der Waals surface area contributed by atoms with Gasteiger partial charge < -0.3 is 18.6 Å². The van der Waals surface area contributed by atoms with Crippen LogP contribution in [-0.2, 0) is 0 Å². The molecule has 0 unspecified atom stereocenters. The molecule has 246 valence electrons. The highest BCUT2D eigenvalue weighted by Crippen LogP contribution is 2.41. The number of anilines is 6. The molecule has 0 N–H and O–H groups in total. The van der Waals surface area contributed by atoms with Gasteiger partial charge in [-0.2, -0.15) is 0 Å². The van der Waals surface area contributed by atoms with Crippen LogP contribution in [0.3, 0.4) is 0 Å². The number of nitrogens with zero attached hydrogens (tertiary/aromatic N) is 2. The Bertz CT molecular complexity index is 2640. The van der Waals surface area contributed by atoms with Crippen LogP contribution in [-0.4, -0.2) is 0 Å². The second kappa shape index (κ2) is 12.4. The van der Waals surface area contributed by atoms with Crippen LogP contribution in [0.5, 0.6) is 0 Å². The molecule has 10 aromatic rings. The molecule has 4 nitrogen and oxygen atoms in total. The van der Waals surface area contributed by atoms with E-state index >= 15 is 0 Å². The van der Waals surface area contributed by atoms with Gasteiger partial charge in [0, 0.05) is 55.7 Å². The van der Waals surface area contributed by atoms with Crippen molar-refractivity contribution in [3.8, 4) is 11.1 Å². The molecule has 8 aromatic carbocycles. The third-order valence-electron chi connectivity index (χ3n) is 9.85. The fourth-order valence-electron chi connectivity index (χ4n) is 7.36. The minimum Gasteiger partial charge on any atom is -0.456 e. The number of fused-ring (bicyclic) bond motifs is 6. The van der Waals surface area contributed by atoms with E-state index in [1.165, 1.54) is 0 Å². The largest absolute Gasteiger partial charge is 0.456 e. The van der Waals surface area contributed by atoms with Crippen molar-refractivity contribution in [3.05, 3.63) is 194 Å². The molecule has 0 amide bonds. The summed E-state index contributed by atoms with van der Waals surface area (Å²) in [6, 6.07) is 68.0. The number of para-hydroxylation sites is 4. The van der Waals surface area contributed by atoms with Gasteiger partial charge in [0.2, 0.25) is 0 Å². The number of hydrogen-bond acceptors (Lipinski definition) is 4. The highest BCUT2D eigenvalue weighted by Gasteiger charge is 2.17. The Kier molecular flexibility index (Phi) is 7.10. The summed E-state index contributed by atoms with van der Waals surface area (Å²) in [5.41, 5.74) is 12.4. The molecule has 0 aliphatic heterocycles. The second-order valence-corrected chi connectivity index (χ2v) is 13.0. The number of benzene rings is 8. The van der Waals surface area contributed by atoms with Gasteiger partial charge in [-0.15, -0.1) is 0 Å². The first kappa shape index (κ1) is 29.8. The molecule has 0 spiro atoms. The van der Waals surface area contributed by atoms with Crippen molar-refractivity contribution in [3.63, 3.8) is 0 Å². The summed E-state index contributed by atoms with van der Waals surface area (Å²) < 4.78 is 12.3. The van der Waals surface area contributed by atoms with E-state index in [0.29, 0.717) is 0 Å². The molecule has 52 heavy (non-hydrogen) atoms. The topological polar surface area (TPSA) is 32.8 Å². The average Bonchev–Trinajstić information content (AvgIpc) is 3.77. The Hall–Kier alpha value is -7.04. The lowest BCUT2D eigenvalue weighted by Crippen LogP contribution is -2.10. The summed E-state index contributed by atoms with van der Waals surface area (Å²) in [4.78, 5) is 4.59. The second-order valence-electron chi connectivity index (χ2n) is 13.0. The maximum atomic E-state index is 6.14. The molecule has 0 radical (unpaired) electrons. The molecular weight excluding hydrogens is 637 g/mol. The van der Waals surface area contributed by atoms with Crippen molar-refractivity contribution in [1.29, 1.82) is 0 Å². The Morgan fingerprint density at radius 2 is 0.577 bits per heavy atom. The van der Waals surface area contributed by atoms with Crippen LogP contribution in [0.1, 0.15) is 0 Å². The molecule has 0 fully saturated rings. The first-order valence-electron chi connectivity index (χ1n) is 17.5. The van der Waals surface area contributed by atoms with Gasteiger partial charge in [0.05, 0.1) is 0 Å². The number of furan rings is 2. The van der Waals surface area contributed by atoms with Crippen LogP contribution in [0.25, 0.3) is 55.0 Å². The SMILES string of the molecule is c1ccc(N(c2ccc(-c3ccc(N(c4ccccc4)c4ccc5oc6ccccc6c5c4)cc3)cc2)c2ccc3oc4ccccc4c3c2)cc1. The van der Waals surface area contributed by atoms with E-state index in [1.54, 1.807) is 0 Å². The maximum Gasteiger partial charge on any atom is 0.135 e. The fourth-order valence-corrected chi connectivity index (χ4v) is 7.36. The summed E-state index contributed by atoms with van der Waals surface area (Å²) in [6.07, 6.45) is 0. The summed E-state index contributed by atoms with van der Waals surface area (Å²) in [7, 11) is 0. The van der Waals surface area contributed by atoms with E-state index in [2.05, 4.69) is 180 Å². The van der Waals surface area contributed by atoms with E-state index in [-0.39, 0.29) is 0 Å². The van der Waals surface area contributed by atoms with Crippen molar-refractivity contribution in [2.45, 2.75) is 0 Å². The van der Waals surface area contributed by atoms with Gasteiger partial charge in [0.1, 0.15) is 22.3 Å². The van der Waals surface area contributed by atoms with Gasteiger partial charge in [0.25, 0.3) is 0 Å². The molecule has 2 heterocycles. The van der Waals surface area contributed by atoms with E-state index in [0.717, 1.165) is 89.1 Å². The van der Waals surface area contributed by atoms with Gasteiger partial charge in [-0.25, -0.2) is 0 Å². The van der Waals surface area contributed by atoms with Crippen LogP contribution >= 0.6 is 0 Å². The van der Waals surface area contributed by atoms with Crippen LogP contribution in [0.2, 0.25) is 0 Å². The predicted octanol–water partition coefficient (Wildman–Crippen LogP) is 14.1. The van der Waals surface area contributed by atoms with Crippen molar-refractivity contribution in [2.75, 3.05) is 9.80 Å². The molecule has 0 atom stereocenters. The quantitative estimate of drug-likeness (QED) is 0.169. The predicted molar refractivity (Wildman–Crippen MR) is 216 cm³/mol. The fraction of sp³-hybridized carbons (Fsp3) is 0. The summed E-state index contributed by atoms with van der Waals surface area (Å²) in [5, 5.41) is 4.45. The van der Waals surface area contributed by atoms with E-state index in [4.69, 9.17) is 8.83 Å². The Morgan fingerprint density at radius 1 is 0.250 bits per heavy atom. The zero-order valence-electron chi connectivity index (χ0n) is 28.2. The highest BCUT2D eigenvalue weighted by molar-refractivity contribution is 6.07. The zero-order chi connectivity index (χ0) is 34.4. The van der Waals surface area contributed by atoms with Crippen molar-refractivity contribution in [1.82, 2.24) is 0 Å². The van der Waals surface area contributed by atoms with Crippen LogP contribution < -0.4 is 9.80 Å². The summed E-state index contributed by atoms with van der Waals surface area (Å²) in [5.74, 6) is 0. The summed E-state index contributed by atoms with van der Waals surface area (Å²) in [6.45, 7) is 0. The average molecular weight is 669 g/mol. The molecule has 0 saturated carbocycles. The molecule has 10 rings (SSSR count). The number of hydrogen-bond donors (Lipinski definition) is 0. The molecule has 2 aromatic heterocycles. The zero-order valence-corrected chi connectivity index (χ0v) is 28.2. The molecule has 0 aliphatic rings. The minimum atomic E-state index is 0.887. The molecular formula is C48H32N2O2. The van der Waals surface area contributed by atoms with E-state index < -0.39 is 0 Å². The van der Waals surface area contributed by atoms with Gasteiger partial charge in [-0.1, -0.05) is 97.1 Å². The monoisotopic (exact) mass is 668 g/mol. The molecule has 0 bridgehead atoms. The van der Waals surface area contributed by atoms with Gasteiger partial charge >= 0.3 is 0 Å². The van der Waals surface area contributed by atoms with Gasteiger partial charge in [-0.3, -0.25) is 0 Å².